The first-order valence-corrected chi connectivity index (χ1v) is 8.20. The Hall–Kier alpha value is -2.88. The molecule has 4 heteroatoms. The zero-order chi connectivity index (χ0) is 16.7. The van der Waals surface area contributed by atoms with Crippen LogP contribution in [-0.2, 0) is 0 Å². The van der Waals surface area contributed by atoms with Gasteiger partial charge < -0.3 is 0 Å². The summed E-state index contributed by atoms with van der Waals surface area (Å²) in [5, 5.41) is 7.41. The number of hydrogen-bond acceptors (Lipinski definition) is 2. The molecule has 1 amide bonds. The molecule has 0 aliphatic carbocycles. The van der Waals surface area contributed by atoms with Gasteiger partial charge in [-0.25, -0.2) is 0 Å². The second kappa shape index (κ2) is 5.64. The van der Waals surface area contributed by atoms with E-state index in [4.69, 9.17) is 0 Å². The van der Waals surface area contributed by atoms with Gasteiger partial charge in [-0.1, -0.05) is 62.4 Å². The van der Waals surface area contributed by atoms with E-state index in [1.807, 2.05) is 53.4 Å². The third-order valence-corrected chi connectivity index (χ3v) is 4.51. The van der Waals surface area contributed by atoms with Crippen LogP contribution in [0.1, 0.15) is 53.1 Å². The summed E-state index contributed by atoms with van der Waals surface area (Å²) in [7, 11) is 0. The second-order valence-electron chi connectivity index (χ2n) is 6.38. The first kappa shape index (κ1) is 14.7. The third kappa shape index (κ3) is 2.14. The van der Waals surface area contributed by atoms with Gasteiger partial charge in [0.05, 0.1) is 6.04 Å². The predicted molar refractivity (Wildman–Crippen MR) is 94.2 cm³/mol. The molecule has 4 rings (SSSR count). The minimum atomic E-state index is -0.146. The third-order valence-electron chi connectivity index (χ3n) is 4.51. The molecule has 2 heterocycles. The predicted octanol–water partition coefficient (Wildman–Crippen LogP) is 4.28. The van der Waals surface area contributed by atoms with E-state index in [1.54, 1.807) is 0 Å². The number of carbonyl (C=O) groups is 1. The van der Waals surface area contributed by atoms with Gasteiger partial charge in [0, 0.05) is 16.9 Å². The Morgan fingerprint density at radius 3 is 2.25 bits per heavy atom. The van der Waals surface area contributed by atoms with E-state index in [-0.39, 0.29) is 17.9 Å². The highest BCUT2D eigenvalue weighted by atomic mass is 16.2. The van der Waals surface area contributed by atoms with Gasteiger partial charge in [0.2, 0.25) is 0 Å². The Balaban J connectivity index is 1.94. The second-order valence-corrected chi connectivity index (χ2v) is 6.38. The molecule has 1 aliphatic heterocycles. The summed E-state index contributed by atoms with van der Waals surface area (Å²) in [6, 6.07) is 19.8. The number of benzene rings is 2. The minimum absolute atomic E-state index is 0.0480. The monoisotopic (exact) mass is 317 g/mol. The van der Waals surface area contributed by atoms with Crippen molar-refractivity contribution in [2.24, 2.45) is 0 Å². The lowest BCUT2D eigenvalue weighted by Crippen LogP contribution is -2.29. The quantitative estimate of drug-likeness (QED) is 0.783. The van der Waals surface area contributed by atoms with Crippen LogP contribution in [0.5, 0.6) is 0 Å². The van der Waals surface area contributed by atoms with E-state index in [1.165, 1.54) is 0 Å². The molecule has 1 unspecified atom stereocenters. The van der Waals surface area contributed by atoms with E-state index >= 15 is 0 Å². The number of amides is 1. The highest BCUT2D eigenvalue weighted by Crippen LogP contribution is 2.43. The Kier molecular flexibility index (Phi) is 3.45. The highest BCUT2D eigenvalue weighted by molar-refractivity contribution is 6.10. The molecule has 0 bridgehead atoms. The first-order chi connectivity index (χ1) is 11.7. The van der Waals surface area contributed by atoms with Crippen LogP contribution in [0.3, 0.4) is 0 Å². The van der Waals surface area contributed by atoms with Crippen molar-refractivity contribution >= 4 is 11.6 Å². The fourth-order valence-corrected chi connectivity index (χ4v) is 3.41. The average molecular weight is 317 g/mol. The normalized spacial score (nSPS) is 16.7. The average Bonchev–Trinajstić information content (AvgIpc) is 3.16. The lowest BCUT2D eigenvalue weighted by atomic mass is 9.95. The molecule has 24 heavy (non-hydrogen) atoms. The Morgan fingerprint density at radius 1 is 1.00 bits per heavy atom. The van der Waals surface area contributed by atoms with Gasteiger partial charge >= 0.3 is 0 Å². The molecule has 0 saturated carbocycles. The number of anilines is 1. The fourth-order valence-electron chi connectivity index (χ4n) is 3.41. The number of rotatable bonds is 3. The van der Waals surface area contributed by atoms with E-state index in [0.717, 1.165) is 22.5 Å². The maximum absolute atomic E-state index is 13.1. The van der Waals surface area contributed by atoms with Crippen LogP contribution in [0.15, 0.2) is 60.7 Å². The van der Waals surface area contributed by atoms with Crippen molar-refractivity contribution in [1.29, 1.82) is 0 Å². The minimum Gasteiger partial charge on any atom is -0.295 e. The molecule has 0 fully saturated rings. The maximum atomic E-state index is 13.1. The van der Waals surface area contributed by atoms with Gasteiger partial charge in [-0.2, -0.15) is 5.10 Å². The number of aromatic nitrogens is 2. The van der Waals surface area contributed by atoms with Crippen LogP contribution in [0.25, 0.3) is 0 Å². The zero-order valence-electron chi connectivity index (χ0n) is 13.7. The molecule has 1 aliphatic rings. The number of aromatic amines is 1. The number of H-pyrrole nitrogens is 1. The number of fused-ring (bicyclic) bond motifs is 1. The smallest absolute Gasteiger partial charge is 0.280 e. The lowest BCUT2D eigenvalue weighted by Gasteiger charge is -2.27. The van der Waals surface area contributed by atoms with Crippen LogP contribution in [-0.4, -0.2) is 16.1 Å². The topological polar surface area (TPSA) is 49.0 Å². The summed E-state index contributed by atoms with van der Waals surface area (Å²) in [6.45, 7) is 4.23. The van der Waals surface area contributed by atoms with Crippen LogP contribution in [0.4, 0.5) is 5.69 Å². The van der Waals surface area contributed by atoms with Crippen LogP contribution in [0, 0.1) is 0 Å². The number of nitrogens with zero attached hydrogens (tertiary/aromatic N) is 2. The summed E-state index contributed by atoms with van der Waals surface area (Å²) in [5.74, 6) is 0.226. The van der Waals surface area contributed by atoms with Gasteiger partial charge in [0.15, 0.2) is 5.69 Å². The SMILES string of the molecule is CC(C)c1[nH]nc2c1C(c1ccccc1)N(c1ccccc1)C2=O. The van der Waals surface area contributed by atoms with E-state index in [0.29, 0.717) is 5.69 Å². The molecule has 1 aromatic heterocycles. The summed E-state index contributed by atoms with van der Waals surface area (Å²) < 4.78 is 0. The van der Waals surface area contributed by atoms with E-state index in [9.17, 15) is 4.79 Å². The number of carbonyl (C=O) groups excluding carboxylic acids is 1. The van der Waals surface area contributed by atoms with Gasteiger partial charge in [-0.15, -0.1) is 0 Å². The van der Waals surface area contributed by atoms with Crippen molar-refractivity contribution in [3.05, 3.63) is 83.2 Å². The molecule has 120 valence electrons. The van der Waals surface area contributed by atoms with Gasteiger partial charge in [0.25, 0.3) is 5.91 Å². The van der Waals surface area contributed by atoms with E-state index < -0.39 is 0 Å². The van der Waals surface area contributed by atoms with Gasteiger partial charge in [0.1, 0.15) is 0 Å². The molecule has 0 saturated heterocycles. The van der Waals surface area contributed by atoms with Crippen LogP contribution < -0.4 is 4.90 Å². The lowest BCUT2D eigenvalue weighted by molar-refractivity contribution is 0.0988. The summed E-state index contributed by atoms with van der Waals surface area (Å²) in [4.78, 5) is 14.9. The summed E-state index contributed by atoms with van der Waals surface area (Å²) in [6.07, 6.45) is 0. The standard InChI is InChI=1S/C20H19N3O/c1-13(2)17-16-18(22-21-17)20(24)23(15-11-7-4-8-12-15)19(16)14-9-5-3-6-10-14/h3-13,19H,1-2H3,(H,21,22). The Bertz CT molecular complexity index is 868. The van der Waals surface area contributed by atoms with Crippen LogP contribution in [0.2, 0.25) is 0 Å². The summed E-state index contributed by atoms with van der Waals surface area (Å²) in [5.41, 5.74) is 4.56. The van der Waals surface area contributed by atoms with Crippen molar-refractivity contribution in [2.45, 2.75) is 25.8 Å². The largest absolute Gasteiger partial charge is 0.295 e. The molecular weight excluding hydrogens is 298 g/mol. The molecule has 4 nitrogen and oxygen atoms in total. The fraction of sp³-hybridized carbons (Fsp3) is 0.200. The van der Waals surface area contributed by atoms with Crippen molar-refractivity contribution in [2.75, 3.05) is 4.90 Å². The van der Waals surface area contributed by atoms with E-state index in [2.05, 4.69) is 36.2 Å². The molecule has 2 aromatic carbocycles. The molecule has 3 aromatic rings. The molecular formula is C20H19N3O. The van der Waals surface area contributed by atoms with Gasteiger partial charge in [-0.05, 0) is 23.6 Å². The highest BCUT2D eigenvalue weighted by Gasteiger charge is 2.43. The zero-order valence-corrected chi connectivity index (χ0v) is 13.7. The Morgan fingerprint density at radius 2 is 1.62 bits per heavy atom. The Labute approximate surface area is 141 Å². The first-order valence-electron chi connectivity index (χ1n) is 8.20. The maximum Gasteiger partial charge on any atom is 0.280 e. The summed E-state index contributed by atoms with van der Waals surface area (Å²) >= 11 is 0. The number of hydrogen-bond donors (Lipinski definition) is 1. The van der Waals surface area contributed by atoms with Crippen LogP contribution >= 0.6 is 0 Å². The van der Waals surface area contributed by atoms with Crippen molar-refractivity contribution in [1.82, 2.24) is 10.2 Å². The number of para-hydroxylation sites is 1. The molecule has 0 spiro atoms. The molecule has 1 atom stereocenters. The van der Waals surface area contributed by atoms with Gasteiger partial charge in [-0.3, -0.25) is 14.8 Å². The molecule has 0 radical (unpaired) electrons. The number of nitrogens with one attached hydrogen (secondary N) is 1. The molecule has 1 N–H and O–H groups in total. The van der Waals surface area contributed by atoms with Crippen molar-refractivity contribution < 1.29 is 4.79 Å². The van der Waals surface area contributed by atoms with Crippen molar-refractivity contribution in [3.8, 4) is 0 Å². The van der Waals surface area contributed by atoms with Crippen molar-refractivity contribution in [3.63, 3.8) is 0 Å².